The van der Waals surface area contributed by atoms with Crippen molar-refractivity contribution in [3.8, 4) is 5.75 Å². The maximum absolute atomic E-state index is 9.83. The Labute approximate surface area is 95.1 Å². The number of aromatic hydroxyl groups is 1. The molecule has 1 fully saturated rings. The molecule has 2 nitrogen and oxygen atoms in total. The van der Waals surface area contributed by atoms with Crippen LogP contribution in [-0.4, -0.2) is 22.7 Å². The summed E-state index contributed by atoms with van der Waals surface area (Å²) in [6.45, 7) is 2.71. The minimum Gasteiger partial charge on any atom is -0.507 e. The lowest BCUT2D eigenvalue weighted by Crippen LogP contribution is -2.27. The molecule has 3 heteroatoms. The predicted octanol–water partition coefficient (Wildman–Crippen LogP) is 2.30. The summed E-state index contributed by atoms with van der Waals surface area (Å²) >= 11 is 2.00. The summed E-state index contributed by atoms with van der Waals surface area (Å²) in [6.07, 6.45) is 1.25. The number of benzene rings is 1. The molecule has 1 aromatic carbocycles. The van der Waals surface area contributed by atoms with Gasteiger partial charge in [-0.1, -0.05) is 18.2 Å². The molecule has 2 rings (SSSR count). The lowest BCUT2D eigenvalue weighted by molar-refractivity contribution is 0.455. The molecule has 0 bridgehead atoms. The molecule has 0 saturated carbocycles. The number of hydrogen-bond donors (Lipinski definition) is 2. The van der Waals surface area contributed by atoms with E-state index in [0.717, 1.165) is 17.7 Å². The van der Waals surface area contributed by atoms with Crippen LogP contribution in [0.2, 0.25) is 0 Å². The number of thioether (sulfide) groups is 1. The molecule has 1 unspecified atom stereocenters. The van der Waals surface area contributed by atoms with E-state index in [1.54, 1.807) is 0 Å². The van der Waals surface area contributed by atoms with E-state index in [1.165, 1.54) is 17.9 Å². The first-order valence-corrected chi connectivity index (χ1v) is 6.51. The van der Waals surface area contributed by atoms with Gasteiger partial charge in [0.25, 0.3) is 0 Å². The van der Waals surface area contributed by atoms with Crippen LogP contribution in [0.15, 0.2) is 18.2 Å². The van der Waals surface area contributed by atoms with E-state index in [9.17, 15) is 5.11 Å². The molecule has 1 aliphatic rings. The third-order valence-corrected chi connectivity index (χ3v) is 3.99. The first-order valence-electron chi connectivity index (χ1n) is 5.36. The highest BCUT2D eigenvalue weighted by Gasteiger charge is 2.15. The topological polar surface area (TPSA) is 32.3 Å². The van der Waals surface area contributed by atoms with Gasteiger partial charge in [0.15, 0.2) is 0 Å². The Morgan fingerprint density at radius 2 is 2.40 bits per heavy atom. The van der Waals surface area contributed by atoms with Gasteiger partial charge >= 0.3 is 0 Å². The SMILES string of the molecule is Cc1cccc(CNC2CCSC2)c1O. The first kappa shape index (κ1) is 10.8. The summed E-state index contributed by atoms with van der Waals surface area (Å²) in [5.74, 6) is 2.90. The van der Waals surface area contributed by atoms with E-state index in [0.29, 0.717) is 11.8 Å². The van der Waals surface area contributed by atoms with Gasteiger partial charge in [0.05, 0.1) is 0 Å². The zero-order valence-corrected chi connectivity index (χ0v) is 9.81. The van der Waals surface area contributed by atoms with Crippen LogP contribution in [0.25, 0.3) is 0 Å². The van der Waals surface area contributed by atoms with Crippen LogP contribution in [0.5, 0.6) is 5.75 Å². The smallest absolute Gasteiger partial charge is 0.122 e. The van der Waals surface area contributed by atoms with Crippen molar-refractivity contribution in [1.82, 2.24) is 5.32 Å². The third-order valence-electron chi connectivity index (χ3n) is 2.83. The largest absolute Gasteiger partial charge is 0.507 e. The normalized spacial score (nSPS) is 20.7. The van der Waals surface area contributed by atoms with Crippen molar-refractivity contribution in [2.24, 2.45) is 0 Å². The summed E-state index contributed by atoms with van der Waals surface area (Å²) in [5, 5.41) is 13.3. The highest BCUT2D eigenvalue weighted by atomic mass is 32.2. The number of aryl methyl sites for hydroxylation is 1. The van der Waals surface area contributed by atoms with Gasteiger partial charge in [-0.25, -0.2) is 0 Å². The Kier molecular flexibility index (Phi) is 3.54. The van der Waals surface area contributed by atoms with Crippen molar-refractivity contribution in [1.29, 1.82) is 0 Å². The molecule has 15 heavy (non-hydrogen) atoms. The first-order chi connectivity index (χ1) is 7.27. The Bertz CT molecular complexity index is 334. The second-order valence-corrected chi connectivity index (χ2v) is 5.17. The second-order valence-electron chi connectivity index (χ2n) is 4.02. The van der Waals surface area contributed by atoms with Gasteiger partial charge in [0, 0.05) is 23.9 Å². The van der Waals surface area contributed by atoms with Crippen molar-refractivity contribution in [3.63, 3.8) is 0 Å². The average molecular weight is 223 g/mol. The van der Waals surface area contributed by atoms with Crippen molar-refractivity contribution < 1.29 is 5.11 Å². The van der Waals surface area contributed by atoms with Gasteiger partial charge < -0.3 is 10.4 Å². The van der Waals surface area contributed by atoms with Crippen LogP contribution in [0.1, 0.15) is 17.5 Å². The van der Waals surface area contributed by atoms with Crippen molar-refractivity contribution in [3.05, 3.63) is 29.3 Å². The van der Waals surface area contributed by atoms with E-state index >= 15 is 0 Å². The molecule has 1 aromatic rings. The standard InChI is InChI=1S/C12H17NOS/c1-9-3-2-4-10(12(9)14)7-13-11-5-6-15-8-11/h2-4,11,13-14H,5-8H2,1H3. The van der Waals surface area contributed by atoms with Crippen LogP contribution in [-0.2, 0) is 6.54 Å². The minimum atomic E-state index is 0.440. The summed E-state index contributed by atoms with van der Waals surface area (Å²) in [4.78, 5) is 0. The number of phenols is 1. The molecule has 1 atom stereocenters. The summed E-state index contributed by atoms with van der Waals surface area (Å²) < 4.78 is 0. The van der Waals surface area contributed by atoms with Crippen LogP contribution < -0.4 is 5.32 Å². The Balaban J connectivity index is 1.95. The third kappa shape index (κ3) is 2.67. The number of phenolic OH excluding ortho intramolecular Hbond substituents is 1. The van der Waals surface area contributed by atoms with Gasteiger partial charge in [-0.3, -0.25) is 0 Å². The molecule has 82 valence electrons. The fourth-order valence-corrected chi connectivity index (χ4v) is 3.00. The molecule has 1 heterocycles. The van der Waals surface area contributed by atoms with Crippen LogP contribution in [0.4, 0.5) is 0 Å². The zero-order valence-electron chi connectivity index (χ0n) is 8.99. The fraction of sp³-hybridized carbons (Fsp3) is 0.500. The second kappa shape index (κ2) is 4.90. The number of hydrogen-bond acceptors (Lipinski definition) is 3. The van der Waals surface area contributed by atoms with Crippen LogP contribution >= 0.6 is 11.8 Å². The molecule has 1 saturated heterocycles. The van der Waals surface area contributed by atoms with Gasteiger partial charge in [-0.2, -0.15) is 11.8 Å². The zero-order chi connectivity index (χ0) is 10.7. The molecule has 2 N–H and O–H groups in total. The van der Waals surface area contributed by atoms with Gasteiger partial charge in [0.1, 0.15) is 5.75 Å². The Hall–Kier alpha value is -0.670. The number of para-hydroxylation sites is 1. The molecule has 0 spiro atoms. The molecular formula is C12H17NOS. The quantitative estimate of drug-likeness (QED) is 0.824. The Morgan fingerprint density at radius 3 is 3.13 bits per heavy atom. The van der Waals surface area contributed by atoms with E-state index in [-0.39, 0.29) is 0 Å². The van der Waals surface area contributed by atoms with Crippen LogP contribution in [0, 0.1) is 6.92 Å². The molecule has 0 aliphatic carbocycles. The van der Waals surface area contributed by atoms with E-state index in [1.807, 2.05) is 36.9 Å². The van der Waals surface area contributed by atoms with E-state index < -0.39 is 0 Å². The molecule has 1 aliphatic heterocycles. The highest BCUT2D eigenvalue weighted by Crippen LogP contribution is 2.22. The van der Waals surface area contributed by atoms with E-state index in [4.69, 9.17) is 0 Å². The maximum Gasteiger partial charge on any atom is 0.122 e. The number of nitrogens with one attached hydrogen (secondary N) is 1. The van der Waals surface area contributed by atoms with Crippen LogP contribution in [0.3, 0.4) is 0 Å². The summed E-state index contributed by atoms with van der Waals surface area (Å²) in [6, 6.07) is 6.53. The molecular weight excluding hydrogens is 206 g/mol. The maximum atomic E-state index is 9.83. The predicted molar refractivity (Wildman–Crippen MR) is 65.4 cm³/mol. The van der Waals surface area contributed by atoms with Crippen molar-refractivity contribution >= 4 is 11.8 Å². The molecule has 0 amide bonds. The minimum absolute atomic E-state index is 0.440. The Morgan fingerprint density at radius 1 is 1.53 bits per heavy atom. The highest BCUT2D eigenvalue weighted by molar-refractivity contribution is 7.99. The van der Waals surface area contributed by atoms with Gasteiger partial charge in [-0.15, -0.1) is 0 Å². The van der Waals surface area contributed by atoms with Gasteiger partial charge in [-0.05, 0) is 24.7 Å². The fourth-order valence-electron chi connectivity index (χ4n) is 1.81. The van der Waals surface area contributed by atoms with Crippen molar-refractivity contribution in [2.45, 2.75) is 25.9 Å². The lowest BCUT2D eigenvalue weighted by atomic mass is 10.1. The average Bonchev–Trinajstić information content (AvgIpc) is 2.73. The van der Waals surface area contributed by atoms with Crippen molar-refractivity contribution in [2.75, 3.05) is 11.5 Å². The van der Waals surface area contributed by atoms with Gasteiger partial charge in [0.2, 0.25) is 0 Å². The number of rotatable bonds is 3. The summed E-state index contributed by atoms with van der Waals surface area (Å²) in [7, 11) is 0. The molecule has 0 radical (unpaired) electrons. The summed E-state index contributed by atoms with van der Waals surface area (Å²) in [5.41, 5.74) is 1.96. The monoisotopic (exact) mass is 223 g/mol. The van der Waals surface area contributed by atoms with E-state index in [2.05, 4.69) is 5.32 Å². The lowest BCUT2D eigenvalue weighted by Gasteiger charge is -2.12. The molecule has 0 aromatic heterocycles.